The maximum Gasteiger partial charge on any atom is 0.119 e. The summed E-state index contributed by atoms with van der Waals surface area (Å²) in [7, 11) is 0. The van der Waals surface area contributed by atoms with E-state index in [1.54, 1.807) is 13.0 Å². The van der Waals surface area contributed by atoms with Gasteiger partial charge in [-0.3, -0.25) is 0 Å². The van der Waals surface area contributed by atoms with E-state index in [1.165, 1.54) is 0 Å². The van der Waals surface area contributed by atoms with E-state index in [0.717, 1.165) is 17.5 Å². The van der Waals surface area contributed by atoms with Crippen LogP contribution in [0.15, 0.2) is 18.2 Å². The maximum atomic E-state index is 9.90. The van der Waals surface area contributed by atoms with E-state index in [1.807, 2.05) is 26.0 Å². The van der Waals surface area contributed by atoms with Crippen molar-refractivity contribution < 1.29 is 15.3 Å². The van der Waals surface area contributed by atoms with Gasteiger partial charge >= 0.3 is 0 Å². The highest BCUT2D eigenvalue weighted by atomic mass is 16.3. The fourth-order valence-corrected chi connectivity index (χ4v) is 2.17. The van der Waals surface area contributed by atoms with Gasteiger partial charge in [-0.25, -0.2) is 0 Å². The van der Waals surface area contributed by atoms with Gasteiger partial charge in [0.2, 0.25) is 0 Å². The number of hydrogen-bond acceptors (Lipinski definition) is 3. The number of aliphatic hydroxyl groups is 2. The minimum absolute atomic E-state index is 0.0702. The second-order valence-electron chi connectivity index (χ2n) is 4.66. The van der Waals surface area contributed by atoms with Crippen molar-refractivity contribution in [3.63, 3.8) is 0 Å². The first-order valence-corrected chi connectivity index (χ1v) is 6.12. The van der Waals surface area contributed by atoms with Crippen molar-refractivity contribution >= 4 is 0 Å². The lowest BCUT2D eigenvalue weighted by atomic mass is 9.86. The number of aryl methyl sites for hydroxylation is 1. The molecule has 0 radical (unpaired) electrons. The molecule has 0 spiro atoms. The summed E-state index contributed by atoms with van der Waals surface area (Å²) >= 11 is 0. The molecule has 3 atom stereocenters. The van der Waals surface area contributed by atoms with Crippen LogP contribution < -0.4 is 0 Å². The highest BCUT2D eigenvalue weighted by molar-refractivity contribution is 5.41. The quantitative estimate of drug-likeness (QED) is 0.737. The Morgan fingerprint density at radius 2 is 1.88 bits per heavy atom. The first-order valence-electron chi connectivity index (χ1n) is 6.12. The zero-order chi connectivity index (χ0) is 13.0. The topological polar surface area (TPSA) is 60.7 Å². The van der Waals surface area contributed by atoms with Crippen molar-refractivity contribution in [3.8, 4) is 5.75 Å². The molecule has 0 aliphatic rings. The van der Waals surface area contributed by atoms with Gasteiger partial charge in [0.15, 0.2) is 0 Å². The van der Waals surface area contributed by atoms with E-state index in [4.69, 9.17) is 0 Å². The number of aliphatic hydroxyl groups excluding tert-OH is 2. The lowest BCUT2D eigenvalue weighted by Gasteiger charge is -2.23. The van der Waals surface area contributed by atoms with Gasteiger partial charge in [0, 0.05) is 0 Å². The molecule has 17 heavy (non-hydrogen) atoms. The van der Waals surface area contributed by atoms with Crippen LogP contribution >= 0.6 is 0 Å². The lowest BCUT2D eigenvalue weighted by molar-refractivity contribution is 0.0213. The van der Waals surface area contributed by atoms with Crippen molar-refractivity contribution in [1.82, 2.24) is 0 Å². The van der Waals surface area contributed by atoms with E-state index in [0.29, 0.717) is 6.42 Å². The second kappa shape index (κ2) is 6.03. The number of benzene rings is 1. The van der Waals surface area contributed by atoms with Crippen LogP contribution in [0.1, 0.15) is 43.7 Å². The fourth-order valence-electron chi connectivity index (χ4n) is 2.17. The summed E-state index contributed by atoms with van der Waals surface area (Å²) < 4.78 is 0. The molecule has 3 heteroatoms. The minimum Gasteiger partial charge on any atom is -0.508 e. The predicted octanol–water partition coefficient (Wildman–Crippen LogP) is 2.33. The summed E-state index contributed by atoms with van der Waals surface area (Å²) in [6.45, 7) is 5.55. The standard InChI is InChI=1S/C14H22O3/c1-4-11(8-13(17)10(3)15)14-9(2)6-5-7-12(14)16/h5-7,10-11,13,15-17H,4,8H2,1-3H3. The second-order valence-corrected chi connectivity index (χ2v) is 4.66. The Morgan fingerprint density at radius 1 is 1.24 bits per heavy atom. The Balaban J connectivity index is 2.94. The SMILES string of the molecule is CCC(CC(O)C(C)O)c1c(C)cccc1O. The molecule has 0 saturated heterocycles. The fraction of sp³-hybridized carbons (Fsp3) is 0.571. The molecule has 96 valence electrons. The molecular formula is C14H22O3. The molecule has 0 aliphatic heterocycles. The van der Waals surface area contributed by atoms with E-state index in [9.17, 15) is 15.3 Å². The van der Waals surface area contributed by atoms with Gasteiger partial charge in [0.05, 0.1) is 12.2 Å². The van der Waals surface area contributed by atoms with Gasteiger partial charge in [0.1, 0.15) is 5.75 Å². The summed E-state index contributed by atoms with van der Waals surface area (Å²) in [6.07, 6.45) is -0.205. The molecule has 3 unspecified atom stereocenters. The van der Waals surface area contributed by atoms with Gasteiger partial charge in [-0.1, -0.05) is 19.1 Å². The zero-order valence-electron chi connectivity index (χ0n) is 10.7. The molecular weight excluding hydrogens is 216 g/mol. The van der Waals surface area contributed by atoms with Gasteiger partial charge in [-0.05, 0) is 49.8 Å². The van der Waals surface area contributed by atoms with E-state index in [2.05, 4.69) is 0 Å². The predicted molar refractivity (Wildman–Crippen MR) is 68.2 cm³/mol. The van der Waals surface area contributed by atoms with Crippen LogP contribution in [0.5, 0.6) is 5.75 Å². The van der Waals surface area contributed by atoms with Gasteiger partial charge in [0.25, 0.3) is 0 Å². The lowest BCUT2D eigenvalue weighted by Crippen LogP contribution is -2.25. The van der Waals surface area contributed by atoms with E-state index in [-0.39, 0.29) is 11.7 Å². The Morgan fingerprint density at radius 3 is 2.35 bits per heavy atom. The van der Waals surface area contributed by atoms with Crippen molar-refractivity contribution in [2.75, 3.05) is 0 Å². The van der Waals surface area contributed by atoms with Crippen LogP contribution in [0.3, 0.4) is 0 Å². The summed E-state index contributed by atoms with van der Waals surface area (Å²) in [5.74, 6) is 0.343. The third-order valence-corrected chi connectivity index (χ3v) is 3.29. The largest absolute Gasteiger partial charge is 0.508 e. The zero-order valence-corrected chi connectivity index (χ0v) is 10.7. The summed E-state index contributed by atoms with van der Waals surface area (Å²) in [4.78, 5) is 0. The number of aromatic hydroxyl groups is 1. The van der Waals surface area contributed by atoms with Crippen LogP contribution in [0.2, 0.25) is 0 Å². The molecule has 0 aliphatic carbocycles. The maximum absolute atomic E-state index is 9.90. The highest BCUT2D eigenvalue weighted by Gasteiger charge is 2.21. The average Bonchev–Trinajstić information content (AvgIpc) is 2.26. The molecule has 0 saturated carbocycles. The summed E-state index contributed by atoms with van der Waals surface area (Å²) in [5.41, 5.74) is 1.91. The third kappa shape index (κ3) is 3.45. The molecule has 1 rings (SSSR count). The molecule has 1 aromatic carbocycles. The minimum atomic E-state index is -0.751. The first-order chi connectivity index (χ1) is 7.97. The van der Waals surface area contributed by atoms with E-state index < -0.39 is 12.2 Å². The highest BCUT2D eigenvalue weighted by Crippen LogP contribution is 2.34. The third-order valence-electron chi connectivity index (χ3n) is 3.29. The van der Waals surface area contributed by atoms with Gasteiger partial charge in [-0.2, -0.15) is 0 Å². The number of phenols is 1. The van der Waals surface area contributed by atoms with Crippen LogP contribution in [0, 0.1) is 6.92 Å². The van der Waals surface area contributed by atoms with Crippen LogP contribution in [-0.4, -0.2) is 27.5 Å². The first kappa shape index (κ1) is 14.0. The molecule has 0 aromatic heterocycles. The Hall–Kier alpha value is -1.06. The Kier molecular flexibility index (Phi) is 4.97. The molecule has 1 aromatic rings. The summed E-state index contributed by atoms with van der Waals surface area (Å²) in [6, 6.07) is 5.43. The Labute approximate surface area is 103 Å². The van der Waals surface area contributed by atoms with Crippen molar-refractivity contribution in [2.24, 2.45) is 0 Å². The molecule has 0 fully saturated rings. The molecule has 0 amide bonds. The average molecular weight is 238 g/mol. The van der Waals surface area contributed by atoms with Crippen LogP contribution in [0.4, 0.5) is 0 Å². The van der Waals surface area contributed by atoms with Crippen LogP contribution in [-0.2, 0) is 0 Å². The van der Waals surface area contributed by atoms with Gasteiger partial charge < -0.3 is 15.3 Å². The number of rotatable bonds is 5. The monoisotopic (exact) mass is 238 g/mol. The molecule has 3 nitrogen and oxygen atoms in total. The van der Waals surface area contributed by atoms with E-state index >= 15 is 0 Å². The number of phenolic OH excluding ortho intramolecular Hbond substituents is 1. The van der Waals surface area contributed by atoms with Crippen LogP contribution in [0.25, 0.3) is 0 Å². The molecule has 3 N–H and O–H groups in total. The molecule has 0 bridgehead atoms. The molecule has 0 heterocycles. The van der Waals surface area contributed by atoms with Crippen molar-refractivity contribution in [1.29, 1.82) is 0 Å². The number of hydrogen-bond donors (Lipinski definition) is 3. The van der Waals surface area contributed by atoms with Gasteiger partial charge in [-0.15, -0.1) is 0 Å². The normalized spacial score (nSPS) is 16.5. The van der Waals surface area contributed by atoms with Crippen molar-refractivity contribution in [3.05, 3.63) is 29.3 Å². The van der Waals surface area contributed by atoms with Crippen molar-refractivity contribution in [2.45, 2.75) is 51.7 Å². The smallest absolute Gasteiger partial charge is 0.119 e. The Bertz CT molecular complexity index is 340. The summed E-state index contributed by atoms with van der Waals surface area (Å²) in [5, 5.41) is 29.0.